The molecule has 2 nitrogen and oxygen atoms in total. The largest absolute Gasteiger partial charge is 0.303 e. The number of hydrogen-bond donors (Lipinski definition) is 0. The Morgan fingerprint density at radius 1 is 1.05 bits per heavy atom. The van der Waals surface area contributed by atoms with Gasteiger partial charge in [-0.2, -0.15) is 0 Å². The highest BCUT2D eigenvalue weighted by Gasteiger charge is 2.12. The van der Waals surface area contributed by atoms with Crippen molar-refractivity contribution in [3.8, 4) is 0 Å². The smallest absolute Gasteiger partial charge is 0.164 e. The SMILES string of the molecule is CCN(CC)CCC(=O)c1ccc(Cl)c2ccccc12. The molecule has 0 aliphatic carbocycles. The number of ketones is 1. The van der Waals surface area contributed by atoms with Crippen LogP contribution < -0.4 is 0 Å². The number of carbonyl (C=O) groups excluding carboxylic acids is 1. The summed E-state index contributed by atoms with van der Waals surface area (Å²) in [5.74, 6) is 0.185. The van der Waals surface area contributed by atoms with Crippen LogP contribution in [0.4, 0.5) is 0 Å². The van der Waals surface area contributed by atoms with Crippen LogP contribution in [-0.2, 0) is 0 Å². The Balaban J connectivity index is 2.25. The fraction of sp³-hybridized carbons (Fsp3) is 0.353. The van der Waals surface area contributed by atoms with E-state index < -0.39 is 0 Å². The molecule has 0 saturated carbocycles. The van der Waals surface area contributed by atoms with Gasteiger partial charge in [0, 0.05) is 28.9 Å². The molecule has 0 fully saturated rings. The van der Waals surface area contributed by atoms with Crippen LogP contribution in [0, 0.1) is 0 Å². The van der Waals surface area contributed by atoms with E-state index in [1.807, 2.05) is 36.4 Å². The second-order valence-electron chi connectivity index (χ2n) is 4.84. The first-order valence-corrected chi connectivity index (χ1v) is 7.48. The summed E-state index contributed by atoms with van der Waals surface area (Å²) in [6.45, 7) is 7.00. The van der Waals surface area contributed by atoms with Crippen molar-refractivity contribution >= 4 is 28.2 Å². The third kappa shape index (κ3) is 3.20. The topological polar surface area (TPSA) is 20.3 Å². The van der Waals surface area contributed by atoms with Gasteiger partial charge in [-0.3, -0.25) is 4.79 Å². The fourth-order valence-corrected chi connectivity index (χ4v) is 2.67. The van der Waals surface area contributed by atoms with Crippen molar-refractivity contribution in [3.05, 3.63) is 47.0 Å². The molecule has 2 aromatic rings. The minimum Gasteiger partial charge on any atom is -0.303 e. The first-order valence-electron chi connectivity index (χ1n) is 7.10. The number of rotatable bonds is 6. The lowest BCUT2D eigenvalue weighted by atomic mass is 10.00. The molecular formula is C17H20ClNO. The maximum absolute atomic E-state index is 12.4. The summed E-state index contributed by atoms with van der Waals surface area (Å²) in [5.41, 5.74) is 0.775. The van der Waals surface area contributed by atoms with Crippen LogP contribution in [-0.4, -0.2) is 30.3 Å². The van der Waals surface area contributed by atoms with E-state index in [1.165, 1.54) is 0 Å². The van der Waals surface area contributed by atoms with Crippen LogP contribution in [0.25, 0.3) is 10.8 Å². The summed E-state index contributed by atoms with van der Waals surface area (Å²) in [6.07, 6.45) is 0.549. The van der Waals surface area contributed by atoms with Gasteiger partial charge in [-0.05, 0) is 30.6 Å². The van der Waals surface area contributed by atoms with Crippen LogP contribution >= 0.6 is 11.6 Å². The average molecular weight is 290 g/mol. The van der Waals surface area contributed by atoms with E-state index in [0.29, 0.717) is 11.4 Å². The molecule has 0 bridgehead atoms. The number of carbonyl (C=O) groups is 1. The number of nitrogens with zero attached hydrogens (tertiary/aromatic N) is 1. The molecule has 0 aromatic heterocycles. The Bertz CT molecular complexity index is 605. The number of halogens is 1. The molecule has 0 unspecified atom stereocenters. The molecule has 0 aliphatic rings. The first kappa shape index (κ1) is 15.0. The molecule has 0 amide bonds. The lowest BCUT2D eigenvalue weighted by Crippen LogP contribution is -2.25. The van der Waals surface area contributed by atoms with Crippen molar-refractivity contribution < 1.29 is 4.79 Å². The van der Waals surface area contributed by atoms with Gasteiger partial charge < -0.3 is 4.90 Å². The summed E-state index contributed by atoms with van der Waals surface area (Å²) in [5, 5.41) is 2.59. The van der Waals surface area contributed by atoms with Gasteiger partial charge in [0.15, 0.2) is 5.78 Å². The molecule has 3 heteroatoms. The van der Waals surface area contributed by atoms with Gasteiger partial charge in [0.2, 0.25) is 0 Å². The van der Waals surface area contributed by atoms with Crippen molar-refractivity contribution in [2.45, 2.75) is 20.3 Å². The quantitative estimate of drug-likeness (QED) is 0.734. The highest BCUT2D eigenvalue weighted by atomic mass is 35.5. The van der Waals surface area contributed by atoms with Gasteiger partial charge in [0.1, 0.15) is 0 Å². The molecule has 2 aromatic carbocycles. The molecule has 0 spiro atoms. The van der Waals surface area contributed by atoms with Crippen molar-refractivity contribution in [3.63, 3.8) is 0 Å². The Morgan fingerprint density at radius 2 is 1.70 bits per heavy atom. The molecule has 0 aliphatic heterocycles. The lowest BCUT2D eigenvalue weighted by Gasteiger charge is -2.17. The van der Waals surface area contributed by atoms with Crippen molar-refractivity contribution in [2.75, 3.05) is 19.6 Å². The summed E-state index contributed by atoms with van der Waals surface area (Å²) >= 11 is 6.19. The standard InChI is InChI=1S/C17H20ClNO/c1-3-19(4-2)12-11-17(20)15-9-10-16(18)14-8-6-5-7-13(14)15/h5-10H,3-4,11-12H2,1-2H3. The summed E-state index contributed by atoms with van der Waals surface area (Å²) in [4.78, 5) is 14.7. The third-order valence-electron chi connectivity index (χ3n) is 3.72. The summed E-state index contributed by atoms with van der Waals surface area (Å²) in [6, 6.07) is 11.5. The number of fused-ring (bicyclic) bond motifs is 1. The minimum absolute atomic E-state index is 0.185. The van der Waals surface area contributed by atoms with Gasteiger partial charge in [0.25, 0.3) is 0 Å². The minimum atomic E-state index is 0.185. The van der Waals surface area contributed by atoms with Crippen molar-refractivity contribution in [2.24, 2.45) is 0 Å². The Labute approximate surface area is 125 Å². The Hall–Kier alpha value is -1.38. The molecule has 0 saturated heterocycles. The van der Waals surface area contributed by atoms with Crippen molar-refractivity contribution in [1.82, 2.24) is 4.90 Å². The lowest BCUT2D eigenvalue weighted by molar-refractivity contribution is 0.0968. The average Bonchev–Trinajstić information content (AvgIpc) is 2.48. The van der Waals surface area contributed by atoms with Crippen LogP contribution in [0.2, 0.25) is 5.02 Å². The summed E-state index contributed by atoms with van der Waals surface area (Å²) < 4.78 is 0. The first-order chi connectivity index (χ1) is 9.67. The second kappa shape index (κ2) is 6.87. The maximum Gasteiger partial charge on any atom is 0.164 e. The Kier molecular flexibility index (Phi) is 5.16. The number of hydrogen-bond acceptors (Lipinski definition) is 2. The maximum atomic E-state index is 12.4. The van der Waals surface area contributed by atoms with Crippen LogP contribution in [0.1, 0.15) is 30.6 Å². The molecule has 0 radical (unpaired) electrons. The van der Waals surface area contributed by atoms with E-state index in [4.69, 9.17) is 11.6 Å². The van der Waals surface area contributed by atoms with E-state index in [0.717, 1.165) is 36.0 Å². The zero-order chi connectivity index (χ0) is 14.5. The highest BCUT2D eigenvalue weighted by Crippen LogP contribution is 2.27. The predicted octanol–water partition coefficient (Wildman–Crippen LogP) is 4.41. The predicted molar refractivity (Wildman–Crippen MR) is 85.7 cm³/mol. The van der Waals surface area contributed by atoms with Crippen LogP contribution in [0.15, 0.2) is 36.4 Å². The third-order valence-corrected chi connectivity index (χ3v) is 4.05. The molecule has 0 atom stereocenters. The van der Waals surface area contributed by atoms with E-state index >= 15 is 0 Å². The normalized spacial score (nSPS) is 11.2. The van der Waals surface area contributed by atoms with E-state index in [1.54, 1.807) is 0 Å². The van der Waals surface area contributed by atoms with Gasteiger partial charge in [-0.1, -0.05) is 49.7 Å². The monoisotopic (exact) mass is 289 g/mol. The number of Topliss-reactive ketones (excluding diaryl/α,β-unsaturated/α-hetero) is 1. The second-order valence-corrected chi connectivity index (χ2v) is 5.25. The van der Waals surface area contributed by atoms with Gasteiger partial charge >= 0.3 is 0 Å². The zero-order valence-electron chi connectivity index (χ0n) is 12.0. The number of benzene rings is 2. The summed E-state index contributed by atoms with van der Waals surface area (Å²) in [7, 11) is 0. The molecule has 106 valence electrons. The Morgan fingerprint density at radius 3 is 2.35 bits per heavy atom. The van der Waals surface area contributed by atoms with Gasteiger partial charge in [0.05, 0.1) is 0 Å². The van der Waals surface area contributed by atoms with Crippen LogP contribution in [0.3, 0.4) is 0 Å². The van der Waals surface area contributed by atoms with Crippen molar-refractivity contribution in [1.29, 1.82) is 0 Å². The fourth-order valence-electron chi connectivity index (χ4n) is 2.44. The zero-order valence-corrected chi connectivity index (χ0v) is 12.8. The van der Waals surface area contributed by atoms with E-state index in [9.17, 15) is 4.79 Å². The molecule has 20 heavy (non-hydrogen) atoms. The molecule has 0 N–H and O–H groups in total. The molecule has 0 heterocycles. The van der Waals surface area contributed by atoms with Crippen LogP contribution in [0.5, 0.6) is 0 Å². The van der Waals surface area contributed by atoms with E-state index in [-0.39, 0.29) is 5.78 Å². The van der Waals surface area contributed by atoms with Gasteiger partial charge in [-0.25, -0.2) is 0 Å². The van der Waals surface area contributed by atoms with Gasteiger partial charge in [-0.15, -0.1) is 0 Å². The van der Waals surface area contributed by atoms with E-state index in [2.05, 4.69) is 18.7 Å². The molecular weight excluding hydrogens is 270 g/mol. The molecule has 2 rings (SSSR count). The highest BCUT2D eigenvalue weighted by molar-refractivity contribution is 6.36.